The predicted octanol–water partition coefficient (Wildman–Crippen LogP) is 4.20. The van der Waals surface area contributed by atoms with E-state index in [1.54, 1.807) is 18.3 Å². The van der Waals surface area contributed by atoms with Crippen LogP contribution in [0.25, 0.3) is 11.1 Å². The van der Waals surface area contributed by atoms with Gasteiger partial charge in [0.15, 0.2) is 0 Å². The number of rotatable bonds is 6. The molecule has 0 aliphatic carbocycles. The number of hydrogen-bond donors (Lipinski definition) is 1. The first-order valence-electron chi connectivity index (χ1n) is 10.3. The minimum atomic E-state index is -0.533. The van der Waals surface area contributed by atoms with Crippen LogP contribution in [0.1, 0.15) is 24.0 Å². The Balaban J connectivity index is 1.42. The van der Waals surface area contributed by atoms with Crippen LogP contribution in [0.4, 0.5) is 4.39 Å². The van der Waals surface area contributed by atoms with Crippen molar-refractivity contribution in [1.82, 2.24) is 9.88 Å². The van der Waals surface area contributed by atoms with Gasteiger partial charge in [0.1, 0.15) is 5.82 Å². The molecule has 1 aromatic heterocycles. The van der Waals surface area contributed by atoms with Gasteiger partial charge in [0.2, 0.25) is 5.91 Å². The van der Waals surface area contributed by atoms with Crippen molar-refractivity contribution in [1.29, 1.82) is 0 Å². The highest BCUT2D eigenvalue weighted by molar-refractivity contribution is 5.81. The molecule has 1 amide bonds. The Labute approximate surface area is 176 Å². The maximum Gasteiger partial charge on any atom is 0.224 e. The Bertz CT molecular complexity index is 996. The van der Waals surface area contributed by atoms with Gasteiger partial charge in [-0.3, -0.25) is 14.7 Å². The third kappa shape index (κ3) is 4.57. The molecule has 5 heteroatoms. The van der Waals surface area contributed by atoms with Crippen LogP contribution in [0.15, 0.2) is 73.1 Å². The number of pyridine rings is 1. The first-order valence-corrected chi connectivity index (χ1v) is 10.3. The van der Waals surface area contributed by atoms with E-state index in [2.05, 4.69) is 34.1 Å². The zero-order valence-corrected chi connectivity index (χ0v) is 16.9. The minimum Gasteiger partial charge on any atom is -0.369 e. The quantitative estimate of drug-likeness (QED) is 0.671. The maximum absolute atomic E-state index is 13.4. The van der Waals surface area contributed by atoms with Crippen LogP contribution in [-0.2, 0) is 17.8 Å². The van der Waals surface area contributed by atoms with E-state index in [9.17, 15) is 9.18 Å². The van der Waals surface area contributed by atoms with Crippen molar-refractivity contribution in [2.45, 2.75) is 25.8 Å². The van der Waals surface area contributed by atoms with Gasteiger partial charge < -0.3 is 5.73 Å². The van der Waals surface area contributed by atoms with E-state index < -0.39 is 5.41 Å². The van der Waals surface area contributed by atoms with Gasteiger partial charge in [-0.15, -0.1) is 0 Å². The zero-order valence-electron chi connectivity index (χ0n) is 16.9. The Morgan fingerprint density at radius 3 is 2.40 bits per heavy atom. The third-order valence-corrected chi connectivity index (χ3v) is 6.12. The predicted molar refractivity (Wildman–Crippen MR) is 116 cm³/mol. The molecule has 4 rings (SSSR count). The van der Waals surface area contributed by atoms with Gasteiger partial charge in [-0.2, -0.15) is 0 Å². The Morgan fingerprint density at radius 1 is 1.00 bits per heavy atom. The lowest BCUT2D eigenvalue weighted by atomic mass is 9.73. The molecule has 2 aromatic carbocycles. The average Bonchev–Trinajstić information content (AvgIpc) is 2.76. The van der Waals surface area contributed by atoms with Crippen LogP contribution >= 0.6 is 0 Å². The molecule has 2 N–H and O–H groups in total. The van der Waals surface area contributed by atoms with Crippen LogP contribution in [0.3, 0.4) is 0 Å². The number of aromatic nitrogens is 1. The van der Waals surface area contributed by atoms with Gasteiger partial charge >= 0.3 is 0 Å². The van der Waals surface area contributed by atoms with Crippen molar-refractivity contribution in [2.75, 3.05) is 13.1 Å². The summed E-state index contributed by atoms with van der Waals surface area (Å²) in [5.41, 5.74) is 9.57. The summed E-state index contributed by atoms with van der Waals surface area (Å²) in [5, 5.41) is 0. The second-order valence-electron chi connectivity index (χ2n) is 8.17. The molecular formula is C25H26FN3O. The number of likely N-dealkylation sites (tertiary alicyclic amines) is 1. The Hall–Kier alpha value is -3.05. The molecule has 0 bridgehead atoms. The second kappa shape index (κ2) is 8.76. The topological polar surface area (TPSA) is 59.2 Å². The van der Waals surface area contributed by atoms with Gasteiger partial charge in [0, 0.05) is 18.9 Å². The number of hydrogen-bond acceptors (Lipinski definition) is 3. The van der Waals surface area contributed by atoms with Gasteiger partial charge in [-0.25, -0.2) is 4.39 Å². The lowest BCUT2D eigenvalue weighted by molar-refractivity contribution is -0.130. The molecule has 1 fully saturated rings. The van der Waals surface area contributed by atoms with E-state index in [-0.39, 0.29) is 11.7 Å². The smallest absolute Gasteiger partial charge is 0.224 e. The van der Waals surface area contributed by atoms with E-state index in [1.165, 1.54) is 6.07 Å². The molecule has 2 heterocycles. The summed E-state index contributed by atoms with van der Waals surface area (Å²) in [5.74, 6) is -0.449. The molecule has 0 atom stereocenters. The van der Waals surface area contributed by atoms with E-state index in [0.29, 0.717) is 25.8 Å². The molecule has 3 aromatic rings. The SMILES string of the molecule is NC(=O)C1(Cc2ccc(-c3cccnc3)cc2)CCN(Cc2cccc(F)c2)CC1. The first kappa shape index (κ1) is 20.2. The number of carbonyl (C=O) groups is 1. The van der Waals surface area contributed by atoms with E-state index in [1.807, 2.05) is 24.4 Å². The average molecular weight is 404 g/mol. The fraction of sp³-hybridized carbons (Fsp3) is 0.280. The highest BCUT2D eigenvalue weighted by atomic mass is 19.1. The molecular weight excluding hydrogens is 377 g/mol. The minimum absolute atomic E-state index is 0.217. The number of piperidine rings is 1. The molecule has 154 valence electrons. The van der Waals surface area contributed by atoms with Gasteiger partial charge in [0.05, 0.1) is 5.41 Å². The lowest BCUT2D eigenvalue weighted by Gasteiger charge is -2.40. The first-order chi connectivity index (χ1) is 14.5. The fourth-order valence-corrected chi connectivity index (χ4v) is 4.28. The van der Waals surface area contributed by atoms with Crippen LogP contribution < -0.4 is 5.73 Å². The molecule has 0 radical (unpaired) electrons. The zero-order chi connectivity index (χ0) is 21.0. The highest BCUT2D eigenvalue weighted by Crippen LogP contribution is 2.36. The summed E-state index contributed by atoms with van der Waals surface area (Å²) in [4.78, 5) is 18.9. The fourth-order valence-electron chi connectivity index (χ4n) is 4.28. The summed E-state index contributed by atoms with van der Waals surface area (Å²) in [7, 11) is 0. The number of benzene rings is 2. The van der Waals surface area contributed by atoms with Gasteiger partial charge in [-0.05, 0) is 72.8 Å². The van der Waals surface area contributed by atoms with Crippen LogP contribution in [0, 0.1) is 11.2 Å². The molecule has 30 heavy (non-hydrogen) atoms. The number of nitrogens with zero attached hydrogens (tertiary/aromatic N) is 2. The largest absolute Gasteiger partial charge is 0.369 e. The molecule has 0 saturated carbocycles. The van der Waals surface area contributed by atoms with E-state index in [0.717, 1.165) is 35.3 Å². The van der Waals surface area contributed by atoms with E-state index >= 15 is 0 Å². The summed E-state index contributed by atoms with van der Waals surface area (Å²) >= 11 is 0. The van der Waals surface area contributed by atoms with Crippen molar-refractivity contribution < 1.29 is 9.18 Å². The maximum atomic E-state index is 13.4. The second-order valence-corrected chi connectivity index (χ2v) is 8.17. The summed E-state index contributed by atoms with van der Waals surface area (Å²) in [6.45, 7) is 2.23. The van der Waals surface area contributed by atoms with Crippen LogP contribution in [0.2, 0.25) is 0 Å². The van der Waals surface area contributed by atoms with Crippen molar-refractivity contribution in [3.05, 3.63) is 90.0 Å². The van der Waals surface area contributed by atoms with E-state index in [4.69, 9.17) is 5.73 Å². The number of nitrogens with two attached hydrogens (primary N) is 1. The number of amides is 1. The summed E-state index contributed by atoms with van der Waals surface area (Å²) in [6, 6.07) is 18.9. The Kier molecular flexibility index (Phi) is 5.91. The molecule has 4 nitrogen and oxygen atoms in total. The molecule has 0 spiro atoms. The van der Waals surface area contributed by atoms with Gasteiger partial charge in [0.25, 0.3) is 0 Å². The number of primary amides is 1. The Morgan fingerprint density at radius 2 is 1.77 bits per heavy atom. The van der Waals surface area contributed by atoms with Crippen molar-refractivity contribution in [3.8, 4) is 11.1 Å². The third-order valence-electron chi connectivity index (χ3n) is 6.12. The molecule has 0 unspecified atom stereocenters. The van der Waals surface area contributed by atoms with Gasteiger partial charge in [-0.1, -0.05) is 42.5 Å². The highest BCUT2D eigenvalue weighted by Gasteiger charge is 2.39. The standard InChI is InChI=1S/C25H26FN3O/c26-23-5-1-3-20(15-23)18-29-13-10-25(11-14-29,24(27)30)16-19-6-8-21(9-7-19)22-4-2-12-28-17-22/h1-9,12,15,17H,10-11,13-14,16,18H2,(H2,27,30). The summed E-state index contributed by atoms with van der Waals surface area (Å²) < 4.78 is 13.4. The van der Waals surface area contributed by atoms with Crippen molar-refractivity contribution in [2.24, 2.45) is 11.1 Å². The monoisotopic (exact) mass is 403 g/mol. The molecule has 1 aliphatic rings. The summed E-state index contributed by atoms with van der Waals surface area (Å²) in [6.07, 6.45) is 5.66. The lowest BCUT2D eigenvalue weighted by Crippen LogP contribution is -2.48. The molecule has 1 aliphatic heterocycles. The normalized spacial score (nSPS) is 16.3. The number of halogens is 1. The van der Waals surface area contributed by atoms with Crippen LogP contribution in [-0.4, -0.2) is 28.9 Å². The molecule has 1 saturated heterocycles. The number of carbonyl (C=O) groups excluding carboxylic acids is 1. The van der Waals surface area contributed by atoms with Crippen LogP contribution in [0.5, 0.6) is 0 Å². The van der Waals surface area contributed by atoms with Crippen molar-refractivity contribution in [3.63, 3.8) is 0 Å². The van der Waals surface area contributed by atoms with Crippen molar-refractivity contribution >= 4 is 5.91 Å².